The fraction of sp³-hybridized carbons (Fsp3) is 0.471. The summed E-state index contributed by atoms with van der Waals surface area (Å²) in [5.41, 5.74) is 0.548. The molecular formula is C17H19BF2O7. The molecule has 27 heavy (non-hydrogen) atoms. The lowest BCUT2D eigenvalue weighted by atomic mass is 9.64. The number of rotatable bonds is 7. The first-order valence-corrected chi connectivity index (χ1v) is 8.23. The van der Waals surface area contributed by atoms with Crippen molar-refractivity contribution in [3.05, 3.63) is 29.3 Å². The Balaban J connectivity index is 2.08. The van der Waals surface area contributed by atoms with Crippen molar-refractivity contribution in [2.24, 2.45) is 0 Å². The van der Waals surface area contributed by atoms with Crippen molar-refractivity contribution in [3.8, 4) is 5.75 Å². The van der Waals surface area contributed by atoms with Crippen molar-refractivity contribution in [1.82, 2.24) is 0 Å². The zero-order valence-corrected chi connectivity index (χ0v) is 14.9. The van der Waals surface area contributed by atoms with E-state index in [2.05, 4.69) is 4.74 Å². The second-order valence-corrected chi connectivity index (χ2v) is 6.44. The van der Waals surface area contributed by atoms with E-state index in [1.165, 1.54) is 6.07 Å². The zero-order valence-electron chi connectivity index (χ0n) is 14.9. The first-order chi connectivity index (χ1) is 12.6. The third-order valence-corrected chi connectivity index (χ3v) is 3.89. The van der Waals surface area contributed by atoms with Gasteiger partial charge in [0.25, 0.3) is 5.92 Å². The van der Waals surface area contributed by atoms with E-state index in [9.17, 15) is 28.2 Å². The highest BCUT2D eigenvalue weighted by molar-refractivity contribution is 6.47. The fourth-order valence-electron chi connectivity index (χ4n) is 2.77. The summed E-state index contributed by atoms with van der Waals surface area (Å²) in [6.07, 6.45) is -1.01. The molecule has 0 bridgehead atoms. The molecule has 1 aliphatic heterocycles. The van der Waals surface area contributed by atoms with E-state index in [1.807, 2.05) is 0 Å². The number of esters is 2. The molecular weight excluding hydrogens is 365 g/mol. The summed E-state index contributed by atoms with van der Waals surface area (Å²) in [4.78, 5) is 34.6. The van der Waals surface area contributed by atoms with Crippen molar-refractivity contribution in [2.75, 3.05) is 6.79 Å². The monoisotopic (exact) mass is 384 g/mol. The van der Waals surface area contributed by atoms with Gasteiger partial charge in [-0.3, -0.25) is 9.59 Å². The highest BCUT2D eigenvalue weighted by Crippen LogP contribution is 2.37. The highest BCUT2D eigenvalue weighted by atomic mass is 19.3. The zero-order chi connectivity index (χ0) is 20.2. The van der Waals surface area contributed by atoms with Gasteiger partial charge in [0.1, 0.15) is 17.1 Å². The minimum absolute atomic E-state index is 0.0172. The van der Waals surface area contributed by atoms with Crippen LogP contribution in [0.25, 0.3) is 0 Å². The maximum atomic E-state index is 13.0. The standard InChI is InChI=1S/C17H19BF2O7/c1-10(21)25-9-26-16(23)14-5-3-4-11-6-12(18(24)27-15(11)14)7-13(22)8-17(2,19)20/h3-5,12,24H,6-9H2,1-2H3/t12-/m1/s1. The number of fused-ring (bicyclic) bond motifs is 1. The van der Waals surface area contributed by atoms with Crippen LogP contribution in [0.15, 0.2) is 18.2 Å². The lowest BCUT2D eigenvalue weighted by Crippen LogP contribution is -2.36. The van der Waals surface area contributed by atoms with E-state index >= 15 is 0 Å². The van der Waals surface area contributed by atoms with Crippen LogP contribution in [-0.4, -0.2) is 42.6 Å². The Labute approximate surface area is 154 Å². The van der Waals surface area contributed by atoms with Crippen LogP contribution in [0.1, 0.15) is 42.6 Å². The predicted molar refractivity (Wildman–Crippen MR) is 89.4 cm³/mol. The average molecular weight is 384 g/mol. The minimum Gasteiger partial charge on any atom is -0.535 e. The largest absolute Gasteiger partial charge is 0.535 e. The first-order valence-electron chi connectivity index (χ1n) is 8.23. The van der Waals surface area contributed by atoms with Gasteiger partial charge in [-0.2, -0.15) is 0 Å². The van der Waals surface area contributed by atoms with Gasteiger partial charge in [-0.1, -0.05) is 12.1 Å². The van der Waals surface area contributed by atoms with E-state index in [-0.39, 0.29) is 24.2 Å². The Kier molecular flexibility index (Phi) is 6.53. The molecule has 0 aromatic heterocycles. The van der Waals surface area contributed by atoms with Crippen LogP contribution in [0.4, 0.5) is 8.78 Å². The van der Waals surface area contributed by atoms with E-state index in [4.69, 9.17) is 9.39 Å². The van der Waals surface area contributed by atoms with Gasteiger partial charge in [-0.15, -0.1) is 0 Å². The quantitative estimate of drug-likeness (QED) is 0.437. The SMILES string of the molecule is CC(=O)OCOC(=O)c1cccc2c1OB(O)[C@@H](CC(=O)CC(C)(F)F)C2. The number of carbonyl (C=O) groups excluding carboxylic acids is 3. The van der Waals surface area contributed by atoms with Crippen molar-refractivity contribution >= 4 is 24.8 Å². The number of carbonyl (C=O) groups is 3. The maximum Gasteiger partial charge on any atom is 0.526 e. The second-order valence-electron chi connectivity index (χ2n) is 6.44. The van der Waals surface area contributed by atoms with Gasteiger partial charge in [-0.25, -0.2) is 13.6 Å². The molecule has 1 aromatic rings. The van der Waals surface area contributed by atoms with Crippen molar-refractivity contribution < 1.29 is 42.3 Å². The van der Waals surface area contributed by atoms with Gasteiger partial charge in [0, 0.05) is 19.2 Å². The second kappa shape index (κ2) is 8.47. The predicted octanol–water partition coefficient (Wildman–Crippen LogP) is 2.15. The van der Waals surface area contributed by atoms with E-state index < -0.39 is 49.8 Å². The van der Waals surface area contributed by atoms with Crippen molar-refractivity contribution in [1.29, 1.82) is 0 Å². The number of halogens is 2. The topological polar surface area (TPSA) is 99.1 Å². The van der Waals surface area contributed by atoms with E-state index in [0.29, 0.717) is 12.5 Å². The van der Waals surface area contributed by atoms with Gasteiger partial charge >= 0.3 is 19.1 Å². The summed E-state index contributed by atoms with van der Waals surface area (Å²) in [6.45, 7) is 1.25. The Morgan fingerprint density at radius 1 is 1.33 bits per heavy atom. The number of alkyl halides is 2. The summed E-state index contributed by atoms with van der Waals surface area (Å²) in [6, 6.07) is 4.60. The molecule has 7 nitrogen and oxygen atoms in total. The molecule has 2 rings (SSSR count). The average Bonchev–Trinajstić information content (AvgIpc) is 2.52. The third-order valence-electron chi connectivity index (χ3n) is 3.89. The highest BCUT2D eigenvalue weighted by Gasteiger charge is 2.39. The molecule has 0 fully saturated rings. The Morgan fingerprint density at radius 3 is 2.67 bits per heavy atom. The molecule has 1 heterocycles. The molecule has 0 saturated heterocycles. The minimum atomic E-state index is -3.12. The normalized spacial score (nSPS) is 16.2. The molecule has 1 N–H and O–H groups in total. The molecule has 0 unspecified atom stereocenters. The van der Waals surface area contributed by atoms with E-state index in [1.54, 1.807) is 12.1 Å². The molecule has 1 aliphatic rings. The Morgan fingerprint density at radius 2 is 2.04 bits per heavy atom. The molecule has 1 atom stereocenters. The number of Topliss-reactive ketones (excluding diaryl/α,β-unsaturated/α-hetero) is 1. The number of hydrogen-bond acceptors (Lipinski definition) is 7. The smallest absolute Gasteiger partial charge is 0.526 e. The number of ketones is 1. The van der Waals surface area contributed by atoms with Crippen molar-refractivity contribution in [2.45, 2.75) is 44.8 Å². The van der Waals surface area contributed by atoms with Gasteiger partial charge in [0.05, 0.1) is 6.42 Å². The van der Waals surface area contributed by atoms with Gasteiger partial charge in [-0.05, 0) is 25.0 Å². The number of para-hydroxylation sites is 1. The molecule has 146 valence electrons. The van der Waals surface area contributed by atoms with Gasteiger partial charge in [0.15, 0.2) is 0 Å². The molecule has 0 amide bonds. The number of ether oxygens (including phenoxy) is 2. The van der Waals surface area contributed by atoms with Gasteiger partial charge < -0.3 is 19.2 Å². The summed E-state index contributed by atoms with van der Waals surface area (Å²) >= 11 is 0. The number of hydrogen-bond donors (Lipinski definition) is 1. The van der Waals surface area contributed by atoms with Crippen LogP contribution in [0.3, 0.4) is 0 Å². The molecule has 10 heteroatoms. The van der Waals surface area contributed by atoms with Crippen LogP contribution in [0.2, 0.25) is 5.82 Å². The summed E-state index contributed by atoms with van der Waals surface area (Å²) in [5.74, 6) is -5.86. The lowest BCUT2D eigenvalue weighted by Gasteiger charge is -2.28. The Bertz CT molecular complexity index is 732. The van der Waals surface area contributed by atoms with Crippen LogP contribution < -0.4 is 4.65 Å². The maximum absolute atomic E-state index is 13.0. The van der Waals surface area contributed by atoms with Crippen LogP contribution in [0, 0.1) is 0 Å². The van der Waals surface area contributed by atoms with Gasteiger partial charge in [0.2, 0.25) is 6.79 Å². The Hall–Kier alpha value is -2.49. The molecule has 1 aromatic carbocycles. The summed E-state index contributed by atoms with van der Waals surface area (Å²) in [7, 11) is -1.44. The van der Waals surface area contributed by atoms with Crippen LogP contribution in [-0.2, 0) is 25.5 Å². The lowest BCUT2D eigenvalue weighted by molar-refractivity contribution is -0.149. The fourth-order valence-corrected chi connectivity index (χ4v) is 2.77. The van der Waals surface area contributed by atoms with E-state index in [0.717, 1.165) is 6.92 Å². The van der Waals surface area contributed by atoms with Crippen LogP contribution in [0.5, 0.6) is 5.75 Å². The first kappa shape index (κ1) is 20.8. The van der Waals surface area contributed by atoms with Crippen molar-refractivity contribution in [3.63, 3.8) is 0 Å². The van der Waals surface area contributed by atoms with Crippen LogP contribution >= 0.6 is 0 Å². The molecule has 0 spiro atoms. The molecule has 0 radical (unpaired) electrons. The third kappa shape index (κ3) is 6.02. The number of benzene rings is 1. The molecule has 0 saturated carbocycles. The molecule has 0 aliphatic carbocycles. The summed E-state index contributed by atoms with van der Waals surface area (Å²) in [5, 5.41) is 10.1. The summed E-state index contributed by atoms with van der Waals surface area (Å²) < 4.78 is 40.6.